The molecule has 0 spiro atoms. The number of carbonyl (C=O) groups excluding carboxylic acids is 1. The number of nitrogens with zero attached hydrogens (tertiary/aromatic N) is 2. The van der Waals surface area contributed by atoms with E-state index in [1.807, 2.05) is 0 Å². The minimum absolute atomic E-state index is 0.0690. The molecule has 1 aliphatic rings. The van der Waals surface area contributed by atoms with Gasteiger partial charge in [0, 0.05) is 13.0 Å². The molecule has 19 heavy (non-hydrogen) atoms. The van der Waals surface area contributed by atoms with Gasteiger partial charge in [-0.15, -0.1) is 0 Å². The van der Waals surface area contributed by atoms with E-state index in [0.29, 0.717) is 18.3 Å². The number of carbonyl (C=O) groups is 1. The molecule has 0 bridgehead atoms. The van der Waals surface area contributed by atoms with Gasteiger partial charge < -0.3 is 14.6 Å². The van der Waals surface area contributed by atoms with Crippen molar-refractivity contribution < 1.29 is 14.1 Å². The summed E-state index contributed by atoms with van der Waals surface area (Å²) in [7, 11) is 1.45. The van der Waals surface area contributed by atoms with Gasteiger partial charge in [-0.25, -0.2) is 0 Å². The van der Waals surface area contributed by atoms with Crippen LogP contribution in [0.4, 0.5) is 0 Å². The zero-order valence-corrected chi connectivity index (χ0v) is 11.5. The monoisotopic (exact) mass is 267 g/mol. The summed E-state index contributed by atoms with van der Waals surface area (Å²) in [6.07, 6.45) is 5.26. The molecule has 6 heteroatoms. The molecule has 2 atom stereocenters. The van der Waals surface area contributed by atoms with Gasteiger partial charge in [0.25, 0.3) is 0 Å². The molecule has 1 aliphatic carbocycles. The SMILES string of the molecule is COC(=O)[C@H]1CCCCC[C@@H]1NCc1noc(C)n1. The predicted octanol–water partition coefficient (Wildman–Crippen LogP) is 1.59. The van der Waals surface area contributed by atoms with Crippen molar-refractivity contribution in [3.05, 3.63) is 11.7 Å². The molecule has 0 saturated heterocycles. The molecule has 106 valence electrons. The first-order valence-electron chi connectivity index (χ1n) is 6.81. The Bertz CT molecular complexity index is 419. The molecule has 6 nitrogen and oxygen atoms in total. The third kappa shape index (κ3) is 3.76. The minimum Gasteiger partial charge on any atom is -0.469 e. The van der Waals surface area contributed by atoms with Crippen molar-refractivity contribution >= 4 is 5.97 Å². The van der Waals surface area contributed by atoms with E-state index in [-0.39, 0.29) is 17.9 Å². The van der Waals surface area contributed by atoms with Crippen LogP contribution in [0.3, 0.4) is 0 Å². The first-order valence-corrected chi connectivity index (χ1v) is 6.81. The molecule has 2 rings (SSSR count). The number of hydrogen-bond donors (Lipinski definition) is 1. The summed E-state index contributed by atoms with van der Waals surface area (Å²) in [6, 6.07) is 0.133. The highest BCUT2D eigenvalue weighted by Gasteiger charge is 2.30. The third-order valence-electron chi connectivity index (χ3n) is 3.61. The third-order valence-corrected chi connectivity index (χ3v) is 3.61. The Balaban J connectivity index is 1.95. The van der Waals surface area contributed by atoms with Crippen LogP contribution in [0.2, 0.25) is 0 Å². The predicted molar refractivity (Wildman–Crippen MR) is 68.3 cm³/mol. The highest BCUT2D eigenvalue weighted by Crippen LogP contribution is 2.24. The van der Waals surface area contributed by atoms with E-state index in [2.05, 4.69) is 15.5 Å². The smallest absolute Gasteiger partial charge is 0.310 e. The van der Waals surface area contributed by atoms with E-state index in [9.17, 15) is 4.79 Å². The van der Waals surface area contributed by atoms with E-state index in [1.54, 1.807) is 6.92 Å². The molecular weight excluding hydrogens is 246 g/mol. The van der Waals surface area contributed by atoms with Gasteiger partial charge in [-0.3, -0.25) is 4.79 Å². The molecule has 1 saturated carbocycles. The van der Waals surface area contributed by atoms with Crippen molar-refractivity contribution in [3.63, 3.8) is 0 Å². The van der Waals surface area contributed by atoms with Crippen LogP contribution < -0.4 is 5.32 Å². The van der Waals surface area contributed by atoms with Crippen LogP contribution in [0.25, 0.3) is 0 Å². The number of aryl methyl sites for hydroxylation is 1. The summed E-state index contributed by atoms with van der Waals surface area (Å²) in [5.74, 6) is 0.997. The maximum Gasteiger partial charge on any atom is 0.310 e. The summed E-state index contributed by atoms with van der Waals surface area (Å²) in [4.78, 5) is 16.0. The lowest BCUT2D eigenvalue weighted by atomic mass is 9.95. The van der Waals surface area contributed by atoms with Gasteiger partial charge in [-0.05, 0) is 12.8 Å². The van der Waals surface area contributed by atoms with E-state index in [0.717, 1.165) is 25.7 Å². The van der Waals surface area contributed by atoms with Crippen molar-refractivity contribution in [2.45, 2.75) is 51.6 Å². The van der Waals surface area contributed by atoms with Gasteiger partial charge in [-0.1, -0.05) is 24.4 Å². The van der Waals surface area contributed by atoms with E-state index in [4.69, 9.17) is 9.26 Å². The molecule has 1 fully saturated rings. The summed E-state index contributed by atoms with van der Waals surface area (Å²) in [5, 5.41) is 7.22. The van der Waals surface area contributed by atoms with Crippen molar-refractivity contribution in [1.29, 1.82) is 0 Å². The van der Waals surface area contributed by atoms with Crippen LogP contribution in [0.15, 0.2) is 4.52 Å². The second kappa shape index (κ2) is 6.65. The largest absolute Gasteiger partial charge is 0.469 e. The van der Waals surface area contributed by atoms with Crippen LogP contribution >= 0.6 is 0 Å². The Morgan fingerprint density at radius 2 is 2.21 bits per heavy atom. The maximum absolute atomic E-state index is 11.8. The highest BCUT2D eigenvalue weighted by molar-refractivity contribution is 5.73. The minimum atomic E-state index is -0.122. The molecule has 0 aliphatic heterocycles. The lowest BCUT2D eigenvalue weighted by Gasteiger charge is -2.23. The van der Waals surface area contributed by atoms with Gasteiger partial charge in [0.2, 0.25) is 5.89 Å². The lowest BCUT2D eigenvalue weighted by Crippen LogP contribution is -2.39. The summed E-state index contributed by atoms with van der Waals surface area (Å²) in [5.41, 5.74) is 0. The highest BCUT2D eigenvalue weighted by atomic mass is 16.5. The molecule has 1 aromatic heterocycles. The van der Waals surface area contributed by atoms with Crippen molar-refractivity contribution in [3.8, 4) is 0 Å². The average Bonchev–Trinajstić information content (AvgIpc) is 2.69. The van der Waals surface area contributed by atoms with E-state index >= 15 is 0 Å². The summed E-state index contributed by atoms with van der Waals surface area (Å²) < 4.78 is 9.83. The zero-order valence-electron chi connectivity index (χ0n) is 11.5. The normalized spacial score (nSPS) is 23.9. The second-order valence-corrected chi connectivity index (χ2v) is 4.98. The number of ether oxygens (including phenoxy) is 1. The molecule has 0 unspecified atom stereocenters. The lowest BCUT2D eigenvalue weighted by molar-refractivity contribution is -0.146. The van der Waals surface area contributed by atoms with Crippen molar-refractivity contribution in [2.75, 3.05) is 7.11 Å². The fraction of sp³-hybridized carbons (Fsp3) is 0.769. The fourth-order valence-corrected chi connectivity index (χ4v) is 2.62. The molecule has 1 heterocycles. The number of esters is 1. The molecule has 1 aromatic rings. The summed E-state index contributed by atoms with van der Waals surface area (Å²) in [6.45, 7) is 2.29. The van der Waals surface area contributed by atoms with Crippen LogP contribution in [0, 0.1) is 12.8 Å². The van der Waals surface area contributed by atoms with E-state index < -0.39 is 0 Å². The van der Waals surface area contributed by atoms with E-state index in [1.165, 1.54) is 13.5 Å². The Kier molecular flexibility index (Phi) is 4.90. The number of nitrogens with one attached hydrogen (secondary N) is 1. The fourth-order valence-electron chi connectivity index (χ4n) is 2.62. The standard InChI is InChI=1S/C13H21N3O3/c1-9-15-12(16-19-9)8-14-11-7-5-3-4-6-10(11)13(17)18-2/h10-11,14H,3-8H2,1-2H3/t10-,11-/m0/s1. The summed E-state index contributed by atoms with van der Waals surface area (Å²) >= 11 is 0. The van der Waals surface area contributed by atoms with Crippen LogP contribution in [-0.4, -0.2) is 29.3 Å². The quantitative estimate of drug-likeness (QED) is 0.659. The molecule has 0 radical (unpaired) electrons. The number of aromatic nitrogens is 2. The molecule has 1 N–H and O–H groups in total. The van der Waals surface area contributed by atoms with Gasteiger partial charge >= 0.3 is 5.97 Å². The second-order valence-electron chi connectivity index (χ2n) is 4.98. The maximum atomic E-state index is 11.8. The van der Waals surface area contributed by atoms with Crippen LogP contribution in [0.1, 0.15) is 43.8 Å². The zero-order chi connectivity index (χ0) is 13.7. The Hall–Kier alpha value is -1.43. The van der Waals surface area contributed by atoms with Crippen molar-refractivity contribution in [2.24, 2.45) is 5.92 Å². The first kappa shape index (κ1) is 14.0. The first-order chi connectivity index (χ1) is 9.20. The van der Waals surface area contributed by atoms with Gasteiger partial charge in [0.05, 0.1) is 19.6 Å². The molecule has 0 amide bonds. The Morgan fingerprint density at radius 3 is 2.89 bits per heavy atom. The van der Waals surface area contributed by atoms with Crippen molar-refractivity contribution in [1.82, 2.24) is 15.5 Å². The number of hydrogen-bond acceptors (Lipinski definition) is 6. The van der Waals surface area contributed by atoms with Gasteiger partial charge in [0.1, 0.15) is 0 Å². The Morgan fingerprint density at radius 1 is 1.42 bits per heavy atom. The average molecular weight is 267 g/mol. The van der Waals surface area contributed by atoms with Crippen LogP contribution in [-0.2, 0) is 16.1 Å². The van der Waals surface area contributed by atoms with Gasteiger partial charge in [-0.2, -0.15) is 4.98 Å². The molecule has 0 aromatic carbocycles. The van der Waals surface area contributed by atoms with Gasteiger partial charge in [0.15, 0.2) is 5.82 Å². The number of methoxy groups -OCH3 is 1. The number of rotatable bonds is 4. The van der Waals surface area contributed by atoms with Crippen LogP contribution in [0.5, 0.6) is 0 Å². The topological polar surface area (TPSA) is 77.2 Å². The Labute approximate surface area is 112 Å². The molecular formula is C13H21N3O3.